The van der Waals surface area contributed by atoms with E-state index in [0.29, 0.717) is 38.8 Å². The number of amides is 3. The summed E-state index contributed by atoms with van der Waals surface area (Å²) in [6, 6.07) is -3.04. The molecule has 11 heteroatoms. The minimum Gasteiger partial charge on any atom is -0.480 e. The van der Waals surface area contributed by atoms with Crippen molar-refractivity contribution >= 4 is 23.7 Å². The van der Waals surface area contributed by atoms with E-state index >= 15 is 0 Å². The second-order valence-corrected chi connectivity index (χ2v) is 6.92. The van der Waals surface area contributed by atoms with E-state index in [9.17, 15) is 24.3 Å². The summed E-state index contributed by atoms with van der Waals surface area (Å²) >= 11 is 0. The van der Waals surface area contributed by atoms with Crippen molar-refractivity contribution in [3.63, 3.8) is 0 Å². The number of carbonyl (C=O) groups is 4. The van der Waals surface area contributed by atoms with Crippen LogP contribution in [0.1, 0.15) is 39.0 Å². The molecule has 8 N–H and O–H groups in total. The molecule has 1 aliphatic rings. The number of aliphatic hydroxyl groups excluding tert-OH is 1. The van der Waals surface area contributed by atoms with Crippen molar-refractivity contribution in [3.05, 3.63) is 0 Å². The lowest BCUT2D eigenvalue weighted by molar-refractivity contribution is -0.146. The van der Waals surface area contributed by atoms with Gasteiger partial charge in [0.15, 0.2) is 6.04 Å². The van der Waals surface area contributed by atoms with Crippen molar-refractivity contribution in [1.82, 2.24) is 15.5 Å². The Labute approximate surface area is 163 Å². The molecule has 0 aromatic rings. The van der Waals surface area contributed by atoms with Gasteiger partial charge in [0.25, 0.3) is 0 Å². The molecule has 0 saturated carbocycles. The molecule has 1 fully saturated rings. The summed E-state index contributed by atoms with van der Waals surface area (Å²) < 4.78 is 0. The average Bonchev–Trinajstić information content (AvgIpc) is 3.13. The molecule has 1 saturated heterocycles. The van der Waals surface area contributed by atoms with Gasteiger partial charge in [-0.1, -0.05) is 6.42 Å². The molecular formula is C17H31N5O6. The third kappa shape index (κ3) is 7.06. The Morgan fingerprint density at radius 3 is 2.50 bits per heavy atom. The molecule has 0 aliphatic carbocycles. The van der Waals surface area contributed by atoms with E-state index in [1.54, 1.807) is 0 Å². The maximum absolute atomic E-state index is 12.4. The maximum atomic E-state index is 12.4. The number of rotatable bonds is 11. The predicted octanol–water partition coefficient (Wildman–Crippen LogP) is -2.50. The Morgan fingerprint density at radius 2 is 1.93 bits per heavy atom. The number of carbonyl (C=O) groups excluding carboxylic acids is 3. The van der Waals surface area contributed by atoms with Crippen molar-refractivity contribution in [1.29, 1.82) is 0 Å². The van der Waals surface area contributed by atoms with Crippen LogP contribution in [0.15, 0.2) is 0 Å². The molecule has 3 amide bonds. The third-order valence-corrected chi connectivity index (χ3v) is 4.64. The lowest BCUT2D eigenvalue weighted by atomic mass is 10.1. The highest BCUT2D eigenvalue weighted by atomic mass is 16.4. The van der Waals surface area contributed by atoms with Crippen LogP contribution in [0, 0.1) is 0 Å². The minimum atomic E-state index is -1.46. The summed E-state index contributed by atoms with van der Waals surface area (Å²) in [7, 11) is 0. The van der Waals surface area contributed by atoms with Crippen LogP contribution in [0.5, 0.6) is 0 Å². The van der Waals surface area contributed by atoms with Gasteiger partial charge in [0, 0.05) is 6.54 Å². The Bertz CT molecular complexity index is 570. The number of unbranched alkanes of at least 4 members (excludes halogenated alkanes) is 1. The predicted molar refractivity (Wildman–Crippen MR) is 99.9 cm³/mol. The fourth-order valence-electron chi connectivity index (χ4n) is 3.01. The van der Waals surface area contributed by atoms with Crippen molar-refractivity contribution in [3.8, 4) is 0 Å². The number of aliphatic carboxylic acids is 1. The first kappa shape index (κ1) is 23.8. The highest BCUT2D eigenvalue weighted by Crippen LogP contribution is 2.17. The van der Waals surface area contributed by atoms with Crippen molar-refractivity contribution in [2.24, 2.45) is 11.5 Å². The lowest BCUT2D eigenvalue weighted by Gasteiger charge is -2.26. The molecule has 4 atom stereocenters. The number of carboxylic acids is 1. The zero-order valence-corrected chi connectivity index (χ0v) is 16.1. The SMILES string of the molecule is CC(O)C(NC(=O)C1CCCN1C(=O)CNC(=O)C(N)CCCCN)C(=O)O. The number of nitrogens with two attached hydrogens (primary N) is 2. The molecule has 160 valence electrons. The van der Waals surface area contributed by atoms with E-state index in [1.165, 1.54) is 11.8 Å². The second kappa shape index (κ2) is 11.6. The van der Waals surface area contributed by atoms with Gasteiger partial charge >= 0.3 is 5.97 Å². The van der Waals surface area contributed by atoms with Crippen molar-refractivity contribution in [2.75, 3.05) is 19.6 Å². The summed E-state index contributed by atoms with van der Waals surface area (Å²) in [4.78, 5) is 49.2. The number of likely N-dealkylation sites (tertiary alicyclic amines) is 1. The Morgan fingerprint density at radius 1 is 1.25 bits per heavy atom. The van der Waals surface area contributed by atoms with Crippen LogP contribution in [-0.2, 0) is 19.2 Å². The van der Waals surface area contributed by atoms with E-state index in [0.717, 1.165) is 6.42 Å². The molecule has 0 bridgehead atoms. The van der Waals surface area contributed by atoms with Crippen LogP contribution in [-0.4, -0.2) is 82.7 Å². The number of nitrogens with one attached hydrogen (secondary N) is 2. The number of aliphatic hydroxyl groups is 1. The second-order valence-electron chi connectivity index (χ2n) is 6.92. The van der Waals surface area contributed by atoms with Crippen LogP contribution >= 0.6 is 0 Å². The van der Waals surface area contributed by atoms with Gasteiger partial charge in [-0.25, -0.2) is 4.79 Å². The van der Waals surface area contributed by atoms with Crippen LogP contribution in [0.25, 0.3) is 0 Å². The van der Waals surface area contributed by atoms with Crippen LogP contribution in [0.3, 0.4) is 0 Å². The highest BCUT2D eigenvalue weighted by Gasteiger charge is 2.36. The number of hydrogen-bond donors (Lipinski definition) is 6. The number of carboxylic acid groups (broad SMARTS) is 1. The topological polar surface area (TPSA) is 188 Å². The zero-order valence-electron chi connectivity index (χ0n) is 16.1. The van der Waals surface area contributed by atoms with Crippen molar-refractivity contribution < 1.29 is 29.4 Å². The standard InChI is InChI=1S/C17H31N5O6/c1-10(23)14(17(27)28)21-16(26)12-6-4-8-22(12)13(24)9-20-15(25)11(19)5-2-3-7-18/h10-12,14,23H,2-9,18-19H2,1H3,(H,20,25)(H,21,26)(H,27,28). The van der Waals surface area contributed by atoms with Crippen LogP contribution in [0.2, 0.25) is 0 Å². The Balaban J connectivity index is 2.56. The molecule has 4 unspecified atom stereocenters. The molecule has 1 rings (SSSR count). The molecule has 0 radical (unpaired) electrons. The summed E-state index contributed by atoms with van der Waals surface area (Å²) in [5.41, 5.74) is 11.2. The number of hydrogen-bond acceptors (Lipinski definition) is 7. The molecular weight excluding hydrogens is 370 g/mol. The van der Waals surface area contributed by atoms with E-state index in [-0.39, 0.29) is 6.54 Å². The molecule has 0 aromatic carbocycles. The van der Waals surface area contributed by atoms with E-state index in [2.05, 4.69) is 10.6 Å². The molecule has 28 heavy (non-hydrogen) atoms. The lowest BCUT2D eigenvalue weighted by Crippen LogP contribution is -2.55. The largest absolute Gasteiger partial charge is 0.480 e. The molecule has 1 aliphatic heterocycles. The van der Waals surface area contributed by atoms with Gasteiger partial charge in [-0.15, -0.1) is 0 Å². The van der Waals surface area contributed by atoms with Gasteiger partial charge in [0.2, 0.25) is 17.7 Å². The summed E-state index contributed by atoms with van der Waals surface area (Å²) in [5, 5.41) is 23.3. The first-order valence-corrected chi connectivity index (χ1v) is 9.43. The van der Waals surface area contributed by atoms with Gasteiger partial charge in [-0.05, 0) is 39.2 Å². The Hall–Kier alpha value is -2.24. The summed E-state index contributed by atoms with van der Waals surface area (Å²) in [6.45, 7) is 1.79. The summed E-state index contributed by atoms with van der Waals surface area (Å²) in [5.74, 6) is -2.92. The average molecular weight is 401 g/mol. The van der Waals surface area contributed by atoms with Crippen molar-refractivity contribution in [2.45, 2.75) is 63.3 Å². The first-order valence-electron chi connectivity index (χ1n) is 9.43. The quantitative estimate of drug-likeness (QED) is 0.205. The third-order valence-electron chi connectivity index (χ3n) is 4.64. The molecule has 0 aromatic heterocycles. The maximum Gasteiger partial charge on any atom is 0.328 e. The molecule has 0 spiro atoms. The zero-order chi connectivity index (χ0) is 21.3. The van der Waals surface area contributed by atoms with Gasteiger partial charge in [0.1, 0.15) is 6.04 Å². The van der Waals surface area contributed by atoms with Gasteiger partial charge in [0.05, 0.1) is 18.7 Å². The fourth-order valence-corrected chi connectivity index (χ4v) is 3.01. The number of nitrogens with zero attached hydrogens (tertiary/aromatic N) is 1. The monoisotopic (exact) mass is 401 g/mol. The van der Waals surface area contributed by atoms with Crippen LogP contribution < -0.4 is 22.1 Å². The minimum absolute atomic E-state index is 0.300. The summed E-state index contributed by atoms with van der Waals surface area (Å²) in [6.07, 6.45) is 1.59. The molecule has 11 nitrogen and oxygen atoms in total. The van der Waals surface area contributed by atoms with Gasteiger partial charge in [-0.2, -0.15) is 0 Å². The molecule has 1 heterocycles. The first-order chi connectivity index (χ1) is 13.2. The van der Waals surface area contributed by atoms with Gasteiger partial charge in [-0.3, -0.25) is 14.4 Å². The van der Waals surface area contributed by atoms with E-state index < -0.39 is 47.9 Å². The van der Waals surface area contributed by atoms with E-state index in [1.807, 2.05) is 0 Å². The van der Waals surface area contributed by atoms with Gasteiger partial charge < -0.3 is 37.2 Å². The Kier molecular flexibility index (Phi) is 9.83. The fraction of sp³-hybridized carbons (Fsp3) is 0.765. The highest BCUT2D eigenvalue weighted by molar-refractivity contribution is 5.93. The van der Waals surface area contributed by atoms with Crippen LogP contribution in [0.4, 0.5) is 0 Å². The smallest absolute Gasteiger partial charge is 0.328 e. The van der Waals surface area contributed by atoms with E-state index in [4.69, 9.17) is 16.6 Å². The normalized spacial score (nSPS) is 19.6.